The van der Waals surface area contributed by atoms with Gasteiger partial charge in [-0.1, -0.05) is 31.9 Å². The number of alkyl halides is 2. The third kappa shape index (κ3) is 4.30. The highest BCUT2D eigenvalue weighted by molar-refractivity contribution is 9.09. The van der Waals surface area contributed by atoms with Crippen LogP contribution in [0.2, 0.25) is 0 Å². The van der Waals surface area contributed by atoms with Crippen LogP contribution in [0.25, 0.3) is 0 Å². The molecule has 1 rings (SSSR count). The molecule has 1 aromatic rings. The van der Waals surface area contributed by atoms with Crippen molar-refractivity contribution >= 4 is 49.5 Å². The summed E-state index contributed by atoms with van der Waals surface area (Å²) < 4.78 is 0. The van der Waals surface area contributed by atoms with E-state index in [9.17, 15) is 4.79 Å². The third-order valence-electron chi connectivity index (χ3n) is 2.36. The zero-order chi connectivity index (χ0) is 12.9. The maximum atomic E-state index is 12.0. The number of thioether (sulfide) groups is 1. The fourth-order valence-corrected chi connectivity index (χ4v) is 2.81. The van der Waals surface area contributed by atoms with Crippen LogP contribution in [-0.2, 0) is 0 Å². The quantitative estimate of drug-likeness (QED) is 0.623. The van der Waals surface area contributed by atoms with Crippen molar-refractivity contribution in [2.45, 2.75) is 17.4 Å². The number of hydrogen-bond acceptors (Lipinski definition) is 2. The van der Waals surface area contributed by atoms with E-state index < -0.39 is 0 Å². The Hall–Kier alpha value is 0. The van der Waals surface area contributed by atoms with Crippen molar-refractivity contribution in [3.8, 4) is 0 Å². The minimum atomic E-state index is -0.269. The molecule has 1 amide bonds. The maximum Gasteiger partial charge on any atom is 0.251 e. The number of halogens is 2. The zero-order valence-corrected chi connectivity index (χ0v) is 13.8. The van der Waals surface area contributed by atoms with E-state index >= 15 is 0 Å². The van der Waals surface area contributed by atoms with Crippen molar-refractivity contribution in [2.24, 2.45) is 0 Å². The summed E-state index contributed by atoms with van der Waals surface area (Å²) in [4.78, 5) is 13.2. The van der Waals surface area contributed by atoms with Crippen LogP contribution in [0.5, 0.6) is 0 Å². The first-order valence-electron chi connectivity index (χ1n) is 5.13. The standard InChI is InChI=1S/C12H15Br2NOS/c1-12(7-13,8-14)15-11(16)9-3-5-10(17-2)6-4-9/h3-6H,7-8H2,1-2H3,(H,15,16). The normalized spacial score (nSPS) is 11.3. The molecule has 1 N–H and O–H groups in total. The summed E-state index contributed by atoms with van der Waals surface area (Å²) in [5.41, 5.74) is 0.422. The molecule has 94 valence electrons. The van der Waals surface area contributed by atoms with E-state index in [1.807, 2.05) is 37.4 Å². The Labute approximate surface area is 123 Å². The highest BCUT2D eigenvalue weighted by Gasteiger charge is 2.24. The number of hydrogen-bond donors (Lipinski definition) is 1. The topological polar surface area (TPSA) is 29.1 Å². The second-order valence-corrected chi connectivity index (χ2v) is 6.01. The number of rotatable bonds is 5. The summed E-state index contributed by atoms with van der Waals surface area (Å²) in [6.45, 7) is 1.99. The SMILES string of the molecule is CSc1ccc(C(=O)NC(C)(CBr)CBr)cc1. The number of nitrogens with one attached hydrogen (secondary N) is 1. The van der Waals surface area contributed by atoms with Crippen LogP contribution < -0.4 is 5.32 Å². The number of carbonyl (C=O) groups is 1. The molecule has 0 bridgehead atoms. The van der Waals surface area contributed by atoms with E-state index in [4.69, 9.17) is 0 Å². The minimum Gasteiger partial charge on any atom is -0.345 e. The van der Waals surface area contributed by atoms with Gasteiger partial charge in [-0.05, 0) is 37.4 Å². The number of amides is 1. The van der Waals surface area contributed by atoms with E-state index in [1.54, 1.807) is 11.8 Å². The van der Waals surface area contributed by atoms with Crippen molar-refractivity contribution in [3.63, 3.8) is 0 Å². The van der Waals surface area contributed by atoms with Crippen LogP contribution >= 0.6 is 43.6 Å². The Morgan fingerprint density at radius 2 is 1.82 bits per heavy atom. The first kappa shape index (κ1) is 15.1. The second-order valence-electron chi connectivity index (χ2n) is 4.01. The fraction of sp³-hybridized carbons (Fsp3) is 0.417. The first-order valence-corrected chi connectivity index (χ1v) is 8.60. The van der Waals surface area contributed by atoms with Crippen LogP contribution in [0, 0.1) is 0 Å². The number of benzene rings is 1. The Morgan fingerprint density at radius 1 is 1.29 bits per heavy atom. The summed E-state index contributed by atoms with van der Waals surface area (Å²) in [6.07, 6.45) is 2.02. The van der Waals surface area contributed by atoms with Crippen molar-refractivity contribution in [1.82, 2.24) is 5.32 Å². The molecule has 5 heteroatoms. The van der Waals surface area contributed by atoms with Crippen LogP contribution in [0.1, 0.15) is 17.3 Å². The summed E-state index contributed by atoms with van der Waals surface area (Å²) in [5.74, 6) is -0.0425. The van der Waals surface area contributed by atoms with Gasteiger partial charge in [0.2, 0.25) is 0 Å². The van der Waals surface area contributed by atoms with Crippen LogP contribution in [-0.4, -0.2) is 28.4 Å². The number of carbonyl (C=O) groups excluding carboxylic acids is 1. The molecule has 1 aromatic carbocycles. The lowest BCUT2D eigenvalue weighted by Gasteiger charge is -2.26. The minimum absolute atomic E-state index is 0.0425. The van der Waals surface area contributed by atoms with Crippen molar-refractivity contribution in [2.75, 3.05) is 16.9 Å². The largest absolute Gasteiger partial charge is 0.345 e. The molecule has 0 atom stereocenters. The summed E-state index contributed by atoms with van der Waals surface area (Å²) in [7, 11) is 0. The van der Waals surface area contributed by atoms with Crippen LogP contribution in [0.15, 0.2) is 29.2 Å². The Balaban J connectivity index is 2.75. The molecule has 0 aromatic heterocycles. The van der Waals surface area contributed by atoms with Crippen LogP contribution in [0.4, 0.5) is 0 Å². The monoisotopic (exact) mass is 379 g/mol. The van der Waals surface area contributed by atoms with E-state index in [1.165, 1.54) is 0 Å². The molecule has 0 aliphatic carbocycles. The van der Waals surface area contributed by atoms with Gasteiger partial charge in [0, 0.05) is 21.1 Å². The van der Waals surface area contributed by atoms with E-state index in [0.717, 1.165) is 4.90 Å². The Kier molecular flexibility index (Phi) is 6.03. The molecule has 0 aliphatic heterocycles. The van der Waals surface area contributed by atoms with Gasteiger partial charge in [-0.25, -0.2) is 0 Å². The molecule has 0 heterocycles. The van der Waals surface area contributed by atoms with Gasteiger partial charge in [-0.2, -0.15) is 0 Å². The van der Waals surface area contributed by atoms with Gasteiger partial charge >= 0.3 is 0 Å². The Morgan fingerprint density at radius 3 is 2.24 bits per heavy atom. The maximum absolute atomic E-state index is 12.0. The molecule has 0 spiro atoms. The zero-order valence-electron chi connectivity index (χ0n) is 9.80. The predicted octanol–water partition coefficient (Wildman–Crippen LogP) is 3.69. The molecule has 0 unspecified atom stereocenters. The fourth-order valence-electron chi connectivity index (χ4n) is 1.19. The van der Waals surface area contributed by atoms with Gasteiger partial charge in [-0.15, -0.1) is 11.8 Å². The van der Waals surface area contributed by atoms with E-state index in [0.29, 0.717) is 16.2 Å². The van der Waals surface area contributed by atoms with Crippen LogP contribution in [0.3, 0.4) is 0 Å². The molecule has 17 heavy (non-hydrogen) atoms. The molecular formula is C12H15Br2NOS. The van der Waals surface area contributed by atoms with Crippen molar-refractivity contribution in [3.05, 3.63) is 29.8 Å². The highest BCUT2D eigenvalue weighted by atomic mass is 79.9. The van der Waals surface area contributed by atoms with Gasteiger partial charge in [-0.3, -0.25) is 4.79 Å². The first-order chi connectivity index (χ1) is 8.04. The van der Waals surface area contributed by atoms with Gasteiger partial charge in [0.25, 0.3) is 5.91 Å². The average Bonchev–Trinajstić information content (AvgIpc) is 2.38. The van der Waals surface area contributed by atoms with E-state index in [2.05, 4.69) is 37.2 Å². The van der Waals surface area contributed by atoms with Crippen molar-refractivity contribution in [1.29, 1.82) is 0 Å². The lowest BCUT2D eigenvalue weighted by molar-refractivity contribution is 0.0923. The lowest BCUT2D eigenvalue weighted by Crippen LogP contribution is -2.48. The van der Waals surface area contributed by atoms with Gasteiger partial charge in [0.15, 0.2) is 0 Å². The van der Waals surface area contributed by atoms with Crippen molar-refractivity contribution < 1.29 is 4.79 Å². The molecule has 0 aliphatic rings. The highest BCUT2D eigenvalue weighted by Crippen LogP contribution is 2.16. The summed E-state index contributed by atoms with van der Waals surface area (Å²) in [6, 6.07) is 7.62. The van der Waals surface area contributed by atoms with Gasteiger partial charge < -0.3 is 5.32 Å². The third-order valence-corrected chi connectivity index (χ3v) is 5.58. The molecule has 2 nitrogen and oxygen atoms in total. The molecule has 0 fully saturated rings. The molecule has 0 saturated heterocycles. The molecule has 0 radical (unpaired) electrons. The van der Waals surface area contributed by atoms with E-state index in [-0.39, 0.29) is 11.4 Å². The predicted molar refractivity (Wildman–Crippen MR) is 81.7 cm³/mol. The molecular weight excluding hydrogens is 366 g/mol. The smallest absolute Gasteiger partial charge is 0.251 e. The van der Waals surface area contributed by atoms with Gasteiger partial charge in [0.05, 0.1) is 5.54 Å². The van der Waals surface area contributed by atoms with Gasteiger partial charge in [0.1, 0.15) is 0 Å². The second kappa shape index (κ2) is 6.81. The lowest BCUT2D eigenvalue weighted by atomic mass is 10.1. The average molecular weight is 381 g/mol. The summed E-state index contributed by atoms with van der Waals surface area (Å²) >= 11 is 8.48. The Bertz CT molecular complexity index is 377. The summed E-state index contributed by atoms with van der Waals surface area (Å²) in [5, 5.41) is 4.42. The molecule has 0 saturated carbocycles.